The van der Waals surface area contributed by atoms with Crippen molar-refractivity contribution in [2.45, 2.75) is 65.0 Å². The summed E-state index contributed by atoms with van der Waals surface area (Å²) in [6.45, 7) is 4.41. The van der Waals surface area contributed by atoms with Crippen LogP contribution < -0.4 is 10.6 Å². The lowest BCUT2D eigenvalue weighted by molar-refractivity contribution is -0.141. The number of aryl methyl sites for hydroxylation is 2. The van der Waals surface area contributed by atoms with Crippen LogP contribution in [0.2, 0.25) is 0 Å². The molecule has 0 saturated heterocycles. The first-order valence-electron chi connectivity index (χ1n) is 12.7. The topological polar surface area (TPSA) is 102 Å². The van der Waals surface area contributed by atoms with Crippen LogP contribution in [0.15, 0.2) is 54.6 Å². The van der Waals surface area contributed by atoms with E-state index in [4.69, 9.17) is 4.74 Å². The predicted octanol–water partition coefficient (Wildman–Crippen LogP) is 4.17. The van der Waals surface area contributed by atoms with E-state index in [1.54, 1.807) is 0 Å². The number of alkyl carbamates (subject to hydrolysis) is 1. The van der Waals surface area contributed by atoms with Crippen molar-refractivity contribution in [2.24, 2.45) is 11.8 Å². The summed E-state index contributed by atoms with van der Waals surface area (Å²) in [4.78, 5) is 51.2. The number of rotatable bonds is 8. The summed E-state index contributed by atoms with van der Waals surface area (Å²) in [5.41, 5.74) is 3.12. The van der Waals surface area contributed by atoms with Gasteiger partial charge in [0, 0.05) is 18.9 Å². The molecule has 3 rings (SSSR count). The molecule has 0 saturated carbocycles. The third kappa shape index (κ3) is 8.63. The van der Waals surface area contributed by atoms with E-state index in [1.807, 2.05) is 56.3 Å². The van der Waals surface area contributed by atoms with Gasteiger partial charge in [0.1, 0.15) is 6.61 Å². The van der Waals surface area contributed by atoms with E-state index in [2.05, 4.69) is 22.8 Å². The second kappa shape index (κ2) is 13.6. The molecular formula is C29H36N2O5. The minimum absolute atomic E-state index is 0.0929. The average Bonchev–Trinajstić information content (AvgIpc) is 2.87. The smallest absolute Gasteiger partial charge is 0.408 e. The number of nitrogens with one attached hydrogen (secondary N) is 2. The summed E-state index contributed by atoms with van der Waals surface area (Å²) >= 11 is 0. The molecule has 1 heterocycles. The standard InChI is InChI=1S/C29H36N2O5/c1-20(2)16-25(31-29(35)36-19-23-8-4-3-5-9-23)26(32)18-24-14-13-22-11-6-10-21(17-22)12-7-15-30-28(34)27(24)33/h3-6,8-11,17,20,24-25H,7,12-16,18-19H2,1-2H3,(H,30,34)(H,31,35). The first kappa shape index (κ1) is 27.1. The summed E-state index contributed by atoms with van der Waals surface area (Å²) < 4.78 is 5.30. The van der Waals surface area contributed by atoms with Crippen molar-refractivity contribution in [3.05, 3.63) is 71.3 Å². The Kier molecular flexibility index (Phi) is 10.2. The fourth-order valence-corrected chi connectivity index (χ4v) is 4.41. The van der Waals surface area contributed by atoms with Crippen LogP contribution in [-0.2, 0) is 38.6 Å². The van der Waals surface area contributed by atoms with Crippen LogP contribution in [0, 0.1) is 11.8 Å². The molecule has 2 N–H and O–H groups in total. The van der Waals surface area contributed by atoms with Gasteiger partial charge in [-0.25, -0.2) is 4.79 Å². The Bertz CT molecular complexity index is 1050. The summed E-state index contributed by atoms with van der Waals surface area (Å²) in [5, 5.41) is 5.38. The zero-order valence-corrected chi connectivity index (χ0v) is 21.1. The normalized spacial score (nSPS) is 17.4. The Morgan fingerprint density at radius 2 is 1.75 bits per heavy atom. The zero-order valence-electron chi connectivity index (χ0n) is 21.1. The third-order valence-electron chi connectivity index (χ3n) is 6.34. The fraction of sp³-hybridized carbons (Fsp3) is 0.448. The largest absolute Gasteiger partial charge is 0.445 e. The van der Waals surface area contributed by atoms with Gasteiger partial charge in [-0.2, -0.15) is 0 Å². The molecule has 1 aliphatic rings. The van der Waals surface area contributed by atoms with Gasteiger partial charge in [0.2, 0.25) is 5.78 Å². The molecule has 0 fully saturated rings. The number of benzene rings is 2. The van der Waals surface area contributed by atoms with Crippen LogP contribution in [-0.4, -0.2) is 36.2 Å². The minimum atomic E-state index is -0.797. The van der Waals surface area contributed by atoms with E-state index in [9.17, 15) is 19.2 Å². The Hall–Kier alpha value is -3.48. The summed E-state index contributed by atoms with van der Waals surface area (Å²) in [6, 6.07) is 16.7. The first-order chi connectivity index (χ1) is 17.3. The zero-order chi connectivity index (χ0) is 25.9. The van der Waals surface area contributed by atoms with E-state index in [1.165, 1.54) is 5.56 Å². The molecular weight excluding hydrogens is 456 g/mol. The van der Waals surface area contributed by atoms with E-state index in [0.29, 0.717) is 25.8 Å². The van der Waals surface area contributed by atoms with Crippen molar-refractivity contribution in [3.63, 3.8) is 0 Å². The number of Topliss-reactive ketones (excluding diaryl/α,β-unsaturated/α-hetero) is 2. The molecule has 0 spiro atoms. The number of amides is 2. The molecule has 0 aromatic heterocycles. The molecule has 7 nitrogen and oxygen atoms in total. The van der Waals surface area contributed by atoms with E-state index in [0.717, 1.165) is 24.0 Å². The van der Waals surface area contributed by atoms with Crippen LogP contribution in [0.3, 0.4) is 0 Å². The molecule has 2 aromatic rings. The summed E-state index contributed by atoms with van der Waals surface area (Å²) in [6.07, 6.45) is 2.15. The van der Waals surface area contributed by atoms with Crippen molar-refractivity contribution in [1.29, 1.82) is 0 Å². The second-order valence-electron chi connectivity index (χ2n) is 9.84. The molecule has 2 aromatic carbocycles. The number of ether oxygens (including phenoxy) is 1. The second-order valence-corrected chi connectivity index (χ2v) is 9.84. The Balaban J connectivity index is 1.68. The minimum Gasteiger partial charge on any atom is -0.445 e. The van der Waals surface area contributed by atoms with Crippen molar-refractivity contribution >= 4 is 23.6 Å². The van der Waals surface area contributed by atoms with Gasteiger partial charge < -0.3 is 15.4 Å². The summed E-state index contributed by atoms with van der Waals surface area (Å²) in [7, 11) is 0. The Labute approximate surface area is 213 Å². The molecule has 2 atom stereocenters. The van der Waals surface area contributed by atoms with Gasteiger partial charge in [-0.05, 0) is 54.7 Å². The van der Waals surface area contributed by atoms with Gasteiger partial charge >= 0.3 is 6.09 Å². The monoisotopic (exact) mass is 492 g/mol. The maximum Gasteiger partial charge on any atom is 0.408 e. The number of fused-ring (bicyclic) bond motifs is 2. The average molecular weight is 493 g/mol. The highest BCUT2D eigenvalue weighted by atomic mass is 16.5. The number of carbonyl (C=O) groups excluding carboxylic acids is 4. The maximum atomic E-state index is 13.3. The highest BCUT2D eigenvalue weighted by Gasteiger charge is 2.31. The number of hydrogen-bond acceptors (Lipinski definition) is 5. The number of hydrogen-bond donors (Lipinski definition) is 2. The Morgan fingerprint density at radius 1 is 1.03 bits per heavy atom. The van der Waals surface area contributed by atoms with Gasteiger partial charge in [0.15, 0.2) is 5.78 Å². The molecule has 0 radical (unpaired) electrons. The molecule has 2 unspecified atom stereocenters. The highest BCUT2D eigenvalue weighted by Crippen LogP contribution is 2.20. The van der Waals surface area contributed by atoms with E-state index >= 15 is 0 Å². The summed E-state index contributed by atoms with van der Waals surface area (Å²) in [5.74, 6) is -2.11. The lowest BCUT2D eigenvalue weighted by Crippen LogP contribution is -2.44. The van der Waals surface area contributed by atoms with E-state index < -0.39 is 29.7 Å². The van der Waals surface area contributed by atoms with Crippen LogP contribution in [0.4, 0.5) is 4.79 Å². The molecule has 2 bridgehead atoms. The van der Waals surface area contributed by atoms with Crippen molar-refractivity contribution in [1.82, 2.24) is 10.6 Å². The molecule has 2 amide bonds. The lowest BCUT2D eigenvalue weighted by atomic mass is 9.86. The van der Waals surface area contributed by atoms with Crippen molar-refractivity contribution in [3.8, 4) is 0 Å². The predicted molar refractivity (Wildman–Crippen MR) is 137 cm³/mol. The third-order valence-corrected chi connectivity index (χ3v) is 6.34. The van der Waals surface area contributed by atoms with Crippen molar-refractivity contribution < 1.29 is 23.9 Å². The lowest BCUT2D eigenvalue weighted by Gasteiger charge is -2.22. The molecule has 0 aliphatic carbocycles. The van der Waals surface area contributed by atoms with Gasteiger partial charge in [0.05, 0.1) is 6.04 Å². The highest BCUT2D eigenvalue weighted by molar-refractivity contribution is 6.37. The quantitative estimate of drug-likeness (QED) is 0.539. The molecule has 1 aliphatic heterocycles. The Morgan fingerprint density at radius 3 is 2.47 bits per heavy atom. The molecule has 36 heavy (non-hydrogen) atoms. The van der Waals surface area contributed by atoms with Crippen LogP contribution in [0.5, 0.6) is 0 Å². The van der Waals surface area contributed by atoms with Gasteiger partial charge in [-0.15, -0.1) is 0 Å². The molecule has 192 valence electrons. The van der Waals surface area contributed by atoms with E-state index in [-0.39, 0.29) is 24.7 Å². The molecule has 7 heteroatoms. The first-order valence-corrected chi connectivity index (χ1v) is 12.7. The van der Waals surface area contributed by atoms with Crippen molar-refractivity contribution in [2.75, 3.05) is 6.54 Å². The number of ketones is 2. The number of carbonyl (C=O) groups is 4. The van der Waals surface area contributed by atoms with Crippen LogP contribution >= 0.6 is 0 Å². The van der Waals surface area contributed by atoms with Crippen LogP contribution in [0.1, 0.15) is 56.2 Å². The maximum absolute atomic E-state index is 13.3. The van der Waals surface area contributed by atoms with Gasteiger partial charge in [0.25, 0.3) is 5.91 Å². The SMILES string of the molecule is CC(C)CC(NC(=O)OCc1ccccc1)C(=O)CC1CCc2cccc(c2)CCCNC(=O)C1=O. The fourth-order valence-electron chi connectivity index (χ4n) is 4.41. The van der Waals surface area contributed by atoms with Gasteiger partial charge in [-0.1, -0.05) is 68.4 Å². The van der Waals surface area contributed by atoms with Crippen LogP contribution in [0.25, 0.3) is 0 Å². The van der Waals surface area contributed by atoms with Gasteiger partial charge in [-0.3, -0.25) is 14.4 Å².